The van der Waals surface area contributed by atoms with E-state index in [9.17, 15) is 24.5 Å². The molecule has 0 spiro atoms. The van der Waals surface area contributed by atoms with E-state index in [1.54, 1.807) is 19.2 Å². The Kier molecular flexibility index (Phi) is 6.43. The molecule has 1 atom stereocenters. The highest BCUT2D eigenvalue weighted by Gasteiger charge is 2.23. The van der Waals surface area contributed by atoms with Gasteiger partial charge in [0.2, 0.25) is 11.7 Å². The van der Waals surface area contributed by atoms with Crippen molar-refractivity contribution in [3.63, 3.8) is 0 Å². The Morgan fingerprint density at radius 1 is 1.11 bits per heavy atom. The van der Waals surface area contributed by atoms with Crippen molar-refractivity contribution < 1.29 is 24.0 Å². The average Bonchev–Trinajstić information content (AvgIpc) is 2.66. The number of non-ortho nitro benzene ring substituents is 1. The van der Waals surface area contributed by atoms with Crippen molar-refractivity contribution in [2.45, 2.75) is 20.0 Å². The minimum absolute atomic E-state index is 0.0441. The van der Waals surface area contributed by atoms with Gasteiger partial charge in [0, 0.05) is 43.0 Å². The quantitative estimate of drug-likeness (QED) is 0.324. The lowest BCUT2D eigenvalue weighted by atomic mass is 10.1. The Balaban J connectivity index is 2.15. The standard InChI is InChI=1S/C19H19N3O6/c1-11(18(24)13-4-6-14(7-5-13)21-12(2)23)28-19(25)16-10-15(22(26)27)8-9-17(16)20-3/h4-11,20H,1-3H3,(H,21,23)/t11-/m0/s1. The number of Topliss-reactive ketones (excluding diaryl/α,β-unsaturated/α-hetero) is 1. The molecular weight excluding hydrogens is 366 g/mol. The number of ether oxygens (including phenoxy) is 1. The molecule has 0 aromatic heterocycles. The van der Waals surface area contributed by atoms with E-state index in [0.717, 1.165) is 6.07 Å². The van der Waals surface area contributed by atoms with E-state index in [4.69, 9.17) is 4.74 Å². The number of nitro groups is 1. The van der Waals surface area contributed by atoms with Gasteiger partial charge < -0.3 is 15.4 Å². The number of amides is 1. The number of nitrogens with one attached hydrogen (secondary N) is 2. The van der Waals surface area contributed by atoms with E-state index >= 15 is 0 Å². The zero-order chi connectivity index (χ0) is 20.8. The first kappa shape index (κ1) is 20.6. The van der Waals surface area contributed by atoms with Gasteiger partial charge in [-0.25, -0.2) is 4.79 Å². The van der Waals surface area contributed by atoms with E-state index < -0.39 is 22.8 Å². The summed E-state index contributed by atoms with van der Waals surface area (Å²) in [6, 6.07) is 9.86. The third kappa shape index (κ3) is 4.91. The van der Waals surface area contributed by atoms with E-state index in [-0.39, 0.29) is 17.2 Å². The second-order valence-corrected chi connectivity index (χ2v) is 5.91. The Labute approximate surface area is 160 Å². The van der Waals surface area contributed by atoms with E-state index in [0.29, 0.717) is 16.9 Å². The molecule has 2 rings (SSSR count). The van der Waals surface area contributed by atoms with Crippen LogP contribution < -0.4 is 10.6 Å². The number of benzene rings is 2. The number of hydrogen-bond acceptors (Lipinski definition) is 7. The Bertz CT molecular complexity index is 924. The zero-order valence-electron chi connectivity index (χ0n) is 15.5. The van der Waals surface area contributed by atoms with Crippen LogP contribution in [0.5, 0.6) is 0 Å². The van der Waals surface area contributed by atoms with Crippen molar-refractivity contribution in [2.24, 2.45) is 0 Å². The molecule has 2 aromatic carbocycles. The fraction of sp³-hybridized carbons (Fsp3) is 0.211. The molecule has 1 amide bonds. The van der Waals surface area contributed by atoms with Crippen molar-refractivity contribution in [2.75, 3.05) is 17.7 Å². The molecule has 0 unspecified atom stereocenters. The number of ketones is 1. The molecule has 146 valence electrons. The van der Waals surface area contributed by atoms with Crippen molar-refractivity contribution in [3.8, 4) is 0 Å². The highest BCUT2D eigenvalue weighted by atomic mass is 16.6. The molecule has 2 aromatic rings. The third-order valence-electron chi connectivity index (χ3n) is 3.85. The van der Waals surface area contributed by atoms with Gasteiger partial charge in [0.25, 0.3) is 5.69 Å². The van der Waals surface area contributed by atoms with Gasteiger partial charge in [-0.2, -0.15) is 0 Å². The number of rotatable bonds is 7. The number of anilines is 2. The van der Waals surface area contributed by atoms with E-state index in [1.165, 1.54) is 38.1 Å². The maximum Gasteiger partial charge on any atom is 0.341 e. The lowest BCUT2D eigenvalue weighted by Crippen LogP contribution is -2.25. The maximum atomic E-state index is 12.5. The van der Waals surface area contributed by atoms with Gasteiger partial charge in [-0.05, 0) is 37.3 Å². The summed E-state index contributed by atoms with van der Waals surface area (Å²) in [5.74, 6) is -1.54. The molecule has 0 aliphatic rings. The maximum absolute atomic E-state index is 12.5. The predicted molar refractivity (Wildman–Crippen MR) is 103 cm³/mol. The summed E-state index contributed by atoms with van der Waals surface area (Å²) in [4.78, 5) is 46.3. The molecule has 0 fully saturated rings. The number of nitro benzene ring substituents is 1. The van der Waals surface area contributed by atoms with Crippen LogP contribution in [0.2, 0.25) is 0 Å². The fourth-order valence-electron chi connectivity index (χ4n) is 2.47. The minimum Gasteiger partial charge on any atom is -0.451 e. The molecule has 9 nitrogen and oxygen atoms in total. The van der Waals surface area contributed by atoms with Gasteiger partial charge in [-0.1, -0.05) is 0 Å². The first-order valence-electron chi connectivity index (χ1n) is 8.32. The summed E-state index contributed by atoms with van der Waals surface area (Å²) in [5, 5.41) is 16.3. The summed E-state index contributed by atoms with van der Waals surface area (Å²) in [7, 11) is 1.56. The molecule has 0 aliphatic carbocycles. The molecular formula is C19H19N3O6. The molecule has 28 heavy (non-hydrogen) atoms. The monoisotopic (exact) mass is 385 g/mol. The van der Waals surface area contributed by atoms with Gasteiger partial charge >= 0.3 is 5.97 Å². The number of hydrogen-bond donors (Lipinski definition) is 2. The van der Waals surface area contributed by atoms with Gasteiger partial charge in [-0.15, -0.1) is 0 Å². The lowest BCUT2D eigenvalue weighted by Gasteiger charge is -2.14. The van der Waals surface area contributed by atoms with Crippen LogP contribution in [0.4, 0.5) is 17.1 Å². The smallest absolute Gasteiger partial charge is 0.341 e. The molecule has 0 saturated carbocycles. The molecule has 9 heteroatoms. The highest BCUT2D eigenvalue weighted by molar-refractivity contribution is 6.03. The third-order valence-corrected chi connectivity index (χ3v) is 3.85. The van der Waals surface area contributed by atoms with Crippen LogP contribution in [0.1, 0.15) is 34.6 Å². The van der Waals surface area contributed by atoms with E-state index in [1.807, 2.05) is 0 Å². The first-order chi connectivity index (χ1) is 13.2. The zero-order valence-corrected chi connectivity index (χ0v) is 15.5. The number of carbonyl (C=O) groups is 3. The van der Waals surface area contributed by atoms with Crippen LogP contribution in [0, 0.1) is 10.1 Å². The number of nitrogens with zero attached hydrogens (tertiary/aromatic N) is 1. The molecule has 2 N–H and O–H groups in total. The summed E-state index contributed by atoms with van der Waals surface area (Å²) in [6.07, 6.45) is -1.11. The SMILES string of the molecule is CNc1ccc([N+](=O)[O-])cc1C(=O)O[C@@H](C)C(=O)c1ccc(NC(C)=O)cc1. The number of esters is 1. The second-order valence-electron chi connectivity index (χ2n) is 5.91. The summed E-state index contributed by atoms with van der Waals surface area (Å²) < 4.78 is 5.20. The topological polar surface area (TPSA) is 128 Å². The van der Waals surface area contributed by atoms with Crippen LogP contribution in [0.3, 0.4) is 0 Å². The van der Waals surface area contributed by atoms with Crippen LogP contribution >= 0.6 is 0 Å². The van der Waals surface area contributed by atoms with Crippen molar-refractivity contribution >= 4 is 34.7 Å². The van der Waals surface area contributed by atoms with Crippen LogP contribution in [-0.2, 0) is 9.53 Å². The molecule has 0 heterocycles. The van der Waals surface area contributed by atoms with Gasteiger partial charge in [0.15, 0.2) is 6.10 Å². The summed E-state index contributed by atoms with van der Waals surface area (Å²) in [6.45, 7) is 2.78. The molecule has 0 saturated heterocycles. The second kappa shape index (κ2) is 8.76. The van der Waals surface area contributed by atoms with Crippen LogP contribution in [0.15, 0.2) is 42.5 Å². The summed E-state index contributed by atoms with van der Waals surface area (Å²) in [5.41, 5.74) is 0.858. The molecule has 0 radical (unpaired) electrons. The van der Waals surface area contributed by atoms with E-state index in [2.05, 4.69) is 10.6 Å². The Hall–Kier alpha value is -3.75. The molecule has 0 aliphatic heterocycles. The van der Waals surface area contributed by atoms with Crippen molar-refractivity contribution in [1.29, 1.82) is 0 Å². The van der Waals surface area contributed by atoms with Crippen molar-refractivity contribution in [1.82, 2.24) is 0 Å². The average molecular weight is 385 g/mol. The molecule has 0 bridgehead atoms. The largest absolute Gasteiger partial charge is 0.451 e. The van der Waals surface area contributed by atoms with Crippen molar-refractivity contribution in [3.05, 3.63) is 63.7 Å². The van der Waals surface area contributed by atoms with Crippen LogP contribution in [-0.4, -0.2) is 35.7 Å². The number of carbonyl (C=O) groups excluding carboxylic acids is 3. The van der Waals surface area contributed by atoms with Crippen LogP contribution in [0.25, 0.3) is 0 Å². The normalized spacial score (nSPS) is 11.2. The first-order valence-corrected chi connectivity index (χ1v) is 8.32. The minimum atomic E-state index is -1.11. The Morgan fingerprint density at radius 3 is 2.29 bits per heavy atom. The predicted octanol–water partition coefficient (Wildman–Crippen LogP) is 3.02. The summed E-state index contributed by atoms with van der Waals surface area (Å²) >= 11 is 0. The fourth-order valence-corrected chi connectivity index (χ4v) is 2.47. The highest BCUT2D eigenvalue weighted by Crippen LogP contribution is 2.23. The van der Waals surface area contributed by atoms with Gasteiger partial charge in [0.05, 0.1) is 10.5 Å². The van der Waals surface area contributed by atoms with Gasteiger partial charge in [-0.3, -0.25) is 19.7 Å². The lowest BCUT2D eigenvalue weighted by molar-refractivity contribution is -0.384. The Morgan fingerprint density at radius 2 is 1.75 bits per heavy atom. The van der Waals surface area contributed by atoms with Gasteiger partial charge in [0.1, 0.15) is 0 Å².